The average molecular weight is 442 g/mol. The lowest BCUT2D eigenvalue weighted by atomic mass is 10.1. The van der Waals surface area contributed by atoms with Gasteiger partial charge >= 0.3 is 7.60 Å². The van der Waals surface area contributed by atoms with Crippen LogP contribution in [-0.2, 0) is 31.5 Å². The molecule has 0 aliphatic heterocycles. The summed E-state index contributed by atoms with van der Waals surface area (Å²) in [6, 6.07) is 8.59. The summed E-state index contributed by atoms with van der Waals surface area (Å²) >= 11 is 0. The Hall–Kier alpha value is -1.20. The van der Waals surface area contributed by atoms with Crippen LogP contribution in [0, 0.1) is 0 Å². The SMILES string of the molecule is CCOP(=O)(CCCCCN(Cc1ccc(C[N+](C)(C)CC)cc1)C(C)=O)OCC. The fraction of sp³-hybridized carbons (Fsp3) is 0.696. The molecular formula is C23H42N2O4P+. The van der Waals surface area contributed by atoms with E-state index in [2.05, 4.69) is 45.3 Å². The van der Waals surface area contributed by atoms with Gasteiger partial charge in [-0.1, -0.05) is 30.7 Å². The van der Waals surface area contributed by atoms with Crippen molar-refractivity contribution in [1.82, 2.24) is 4.90 Å². The summed E-state index contributed by atoms with van der Waals surface area (Å²) in [6.45, 7) is 11.7. The van der Waals surface area contributed by atoms with E-state index in [0.717, 1.165) is 42.4 Å². The van der Waals surface area contributed by atoms with Crippen molar-refractivity contribution in [2.24, 2.45) is 0 Å². The molecule has 172 valence electrons. The number of carbonyl (C=O) groups is 1. The van der Waals surface area contributed by atoms with E-state index >= 15 is 0 Å². The highest BCUT2D eigenvalue weighted by Crippen LogP contribution is 2.48. The first-order chi connectivity index (χ1) is 14.1. The Bertz CT molecular complexity index is 666. The van der Waals surface area contributed by atoms with Gasteiger partial charge in [-0.05, 0) is 39.2 Å². The van der Waals surface area contributed by atoms with Gasteiger partial charge in [0.2, 0.25) is 5.91 Å². The van der Waals surface area contributed by atoms with Crippen molar-refractivity contribution in [2.45, 2.75) is 60.0 Å². The van der Waals surface area contributed by atoms with Gasteiger partial charge in [-0.2, -0.15) is 0 Å². The van der Waals surface area contributed by atoms with Gasteiger partial charge in [0.1, 0.15) is 6.54 Å². The Kier molecular flexibility index (Phi) is 11.9. The molecule has 1 rings (SSSR count). The van der Waals surface area contributed by atoms with Crippen molar-refractivity contribution < 1.29 is 22.9 Å². The highest BCUT2D eigenvalue weighted by Gasteiger charge is 2.22. The molecule has 0 atom stereocenters. The lowest BCUT2D eigenvalue weighted by Gasteiger charge is -2.28. The number of nitrogens with zero attached hydrogens (tertiary/aromatic N) is 2. The topological polar surface area (TPSA) is 55.8 Å². The second-order valence-electron chi connectivity index (χ2n) is 8.40. The van der Waals surface area contributed by atoms with Gasteiger partial charge in [0, 0.05) is 25.6 Å². The molecule has 0 unspecified atom stereocenters. The smallest absolute Gasteiger partial charge is 0.330 e. The summed E-state index contributed by atoms with van der Waals surface area (Å²) in [5.74, 6) is 0.0807. The van der Waals surface area contributed by atoms with Crippen molar-refractivity contribution in [3.8, 4) is 0 Å². The number of rotatable bonds is 15. The molecule has 1 aromatic carbocycles. The van der Waals surface area contributed by atoms with Crippen LogP contribution >= 0.6 is 7.60 Å². The zero-order chi connectivity index (χ0) is 22.6. The van der Waals surface area contributed by atoms with E-state index in [-0.39, 0.29) is 5.91 Å². The van der Waals surface area contributed by atoms with Gasteiger partial charge in [-0.15, -0.1) is 0 Å². The molecule has 0 saturated carbocycles. The molecule has 0 saturated heterocycles. The first-order valence-electron chi connectivity index (χ1n) is 11.2. The molecule has 7 heteroatoms. The predicted molar refractivity (Wildman–Crippen MR) is 123 cm³/mol. The molecule has 1 aromatic rings. The van der Waals surface area contributed by atoms with Gasteiger partial charge in [0.05, 0.1) is 40.0 Å². The first kappa shape index (κ1) is 26.8. The molecule has 0 aliphatic rings. The molecule has 0 bridgehead atoms. The summed E-state index contributed by atoms with van der Waals surface area (Å²) in [7, 11) is 1.50. The zero-order valence-electron chi connectivity index (χ0n) is 19.9. The van der Waals surface area contributed by atoms with E-state index in [4.69, 9.17) is 9.05 Å². The van der Waals surface area contributed by atoms with Gasteiger partial charge < -0.3 is 18.4 Å². The van der Waals surface area contributed by atoms with Crippen LogP contribution in [0.25, 0.3) is 0 Å². The molecule has 0 aliphatic carbocycles. The van der Waals surface area contributed by atoms with Crippen LogP contribution in [0.3, 0.4) is 0 Å². The van der Waals surface area contributed by atoms with E-state index in [0.29, 0.717) is 32.5 Å². The van der Waals surface area contributed by atoms with E-state index < -0.39 is 7.60 Å². The van der Waals surface area contributed by atoms with Crippen molar-refractivity contribution in [3.63, 3.8) is 0 Å². The van der Waals surface area contributed by atoms with Crippen molar-refractivity contribution >= 4 is 13.5 Å². The van der Waals surface area contributed by atoms with Crippen LogP contribution in [0.2, 0.25) is 0 Å². The first-order valence-corrected chi connectivity index (χ1v) is 12.9. The highest BCUT2D eigenvalue weighted by molar-refractivity contribution is 7.53. The monoisotopic (exact) mass is 441 g/mol. The standard InChI is InChI=1S/C23H42N2O4P/c1-7-25(5,6)20-23-15-13-22(14-16-23)19-24(21(4)26)17-11-10-12-18-30(27,28-8-2)29-9-3/h13-16H,7-12,17-20H2,1-6H3/q+1. The second kappa shape index (κ2) is 13.3. The lowest BCUT2D eigenvalue weighted by Crippen LogP contribution is -2.38. The third-order valence-corrected chi connectivity index (χ3v) is 7.49. The lowest BCUT2D eigenvalue weighted by molar-refractivity contribution is -0.901. The van der Waals surface area contributed by atoms with Crippen molar-refractivity contribution in [2.75, 3.05) is 46.6 Å². The number of benzene rings is 1. The molecule has 0 aromatic heterocycles. The van der Waals surface area contributed by atoms with Crippen LogP contribution in [0.5, 0.6) is 0 Å². The molecular weight excluding hydrogens is 399 g/mol. The summed E-state index contributed by atoms with van der Waals surface area (Å²) in [5.41, 5.74) is 2.46. The molecule has 0 fully saturated rings. The van der Waals surface area contributed by atoms with Gasteiger partial charge in [0.15, 0.2) is 0 Å². The summed E-state index contributed by atoms with van der Waals surface area (Å²) < 4.78 is 24.1. The Morgan fingerprint density at radius 1 is 0.967 bits per heavy atom. The average Bonchev–Trinajstić information content (AvgIpc) is 2.68. The minimum absolute atomic E-state index is 0.0807. The fourth-order valence-electron chi connectivity index (χ4n) is 3.27. The predicted octanol–water partition coefficient (Wildman–Crippen LogP) is 5.07. The second-order valence-corrected chi connectivity index (χ2v) is 10.6. The number of unbranched alkanes of at least 4 members (excludes halogenated alkanes) is 2. The molecule has 30 heavy (non-hydrogen) atoms. The highest BCUT2D eigenvalue weighted by atomic mass is 31.2. The van der Waals surface area contributed by atoms with Crippen LogP contribution in [0.1, 0.15) is 58.1 Å². The van der Waals surface area contributed by atoms with E-state index in [1.165, 1.54) is 5.56 Å². The number of hydrogen-bond donors (Lipinski definition) is 0. The molecule has 6 nitrogen and oxygen atoms in total. The quantitative estimate of drug-likeness (QED) is 0.217. The van der Waals surface area contributed by atoms with Crippen LogP contribution < -0.4 is 0 Å². The maximum Gasteiger partial charge on any atom is 0.330 e. The van der Waals surface area contributed by atoms with E-state index in [1.807, 2.05) is 18.7 Å². The Morgan fingerprint density at radius 3 is 2.03 bits per heavy atom. The molecule has 0 heterocycles. The van der Waals surface area contributed by atoms with Crippen LogP contribution in [0.15, 0.2) is 24.3 Å². The Morgan fingerprint density at radius 2 is 1.53 bits per heavy atom. The van der Waals surface area contributed by atoms with Gasteiger partial charge in [-0.3, -0.25) is 9.36 Å². The fourth-order valence-corrected chi connectivity index (χ4v) is 5.00. The van der Waals surface area contributed by atoms with Crippen molar-refractivity contribution in [1.29, 1.82) is 0 Å². The van der Waals surface area contributed by atoms with Gasteiger partial charge in [0.25, 0.3) is 0 Å². The normalized spacial score (nSPS) is 12.2. The minimum Gasteiger partial charge on any atom is -0.339 e. The third-order valence-electron chi connectivity index (χ3n) is 5.32. The summed E-state index contributed by atoms with van der Waals surface area (Å²) in [4.78, 5) is 14.0. The largest absolute Gasteiger partial charge is 0.339 e. The molecule has 0 spiro atoms. The number of carbonyl (C=O) groups excluding carboxylic acids is 1. The van der Waals surface area contributed by atoms with Crippen LogP contribution in [-0.4, -0.2) is 61.9 Å². The third kappa shape index (κ3) is 10.2. The Labute approximate surface area is 183 Å². The zero-order valence-corrected chi connectivity index (χ0v) is 20.7. The van der Waals surface area contributed by atoms with Gasteiger partial charge in [-0.25, -0.2) is 0 Å². The Balaban J connectivity index is 2.50. The number of quaternary nitrogens is 1. The van der Waals surface area contributed by atoms with E-state index in [9.17, 15) is 9.36 Å². The molecule has 0 N–H and O–H groups in total. The number of hydrogen-bond acceptors (Lipinski definition) is 4. The summed E-state index contributed by atoms with van der Waals surface area (Å²) in [6.07, 6.45) is 2.96. The number of amides is 1. The van der Waals surface area contributed by atoms with Crippen LogP contribution in [0.4, 0.5) is 0 Å². The van der Waals surface area contributed by atoms with E-state index in [1.54, 1.807) is 6.92 Å². The summed E-state index contributed by atoms with van der Waals surface area (Å²) in [5, 5.41) is 0. The maximum atomic E-state index is 12.5. The molecule has 1 amide bonds. The minimum atomic E-state index is -2.96. The molecule has 0 radical (unpaired) electrons. The van der Waals surface area contributed by atoms with Crippen molar-refractivity contribution in [3.05, 3.63) is 35.4 Å². The maximum absolute atomic E-state index is 12.5.